The summed E-state index contributed by atoms with van der Waals surface area (Å²) in [6, 6.07) is 12.0. The molecule has 2 atom stereocenters. The van der Waals surface area contributed by atoms with Crippen LogP contribution in [0.15, 0.2) is 30.3 Å². The maximum Gasteiger partial charge on any atom is 0.0693 e. The van der Waals surface area contributed by atoms with Gasteiger partial charge >= 0.3 is 0 Å². The lowest BCUT2D eigenvalue weighted by Gasteiger charge is -2.33. The highest BCUT2D eigenvalue weighted by Gasteiger charge is 2.24. The molecule has 0 heterocycles. The van der Waals surface area contributed by atoms with Crippen molar-refractivity contribution < 1.29 is 4.74 Å². The Kier molecular flexibility index (Phi) is 5.41. The topological polar surface area (TPSA) is 21.3 Å². The minimum absolute atomic E-state index is 0.284. The second kappa shape index (κ2) is 7.06. The summed E-state index contributed by atoms with van der Waals surface area (Å²) in [6.07, 6.45) is 5.44. The van der Waals surface area contributed by atoms with Crippen molar-refractivity contribution >= 4 is 0 Å². The number of rotatable bonds is 5. The van der Waals surface area contributed by atoms with Gasteiger partial charge in [-0.05, 0) is 51.0 Å². The summed E-state index contributed by atoms with van der Waals surface area (Å²) in [5.74, 6) is 0.759. The van der Waals surface area contributed by atoms with Crippen LogP contribution in [-0.2, 0) is 4.74 Å². The van der Waals surface area contributed by atoms with Gasteiger partial charge in [0.05, 0.1) is 6.10 Å². The van der Waals surface area contributed by atoms with E-state index in [-0.39, 0.29) is 6.10 Å². The van der Waals surface area contributed by atoms with Gasteiger partial charge in [0.2, 0.25) is 0 Å². The first-order valence-electron chi connectivity index (χ1n) is 7.54. The Morgan fingerprint density at radius 1 is 1.05 bits per heavy atom. The molecule has 2 nitrogen and oxygen atoms in total. The third-order valence-corrected chi connectivity index (χ3v) is 4.57. The van der Waals surface area contributed by atoms with Crippen molar-refractivity contribution in [3.05, 3.63) is 35.9 Å². The molecule has 0 aromatic heterocycles. The Morgan fingerprint density at radius 3 is 2.26 bits per heavy atom. The van der Waals surface area contributed by atoms with Crippen molar-refractivity contribution in [1.82, 2.24) is 5.32 Å². The number of benzene rings is 1. The maximum absolute atomic E-state index is 5.38. The van der Waals surface area contributed by atoms with Crippen LogP contribution in [0.1, 0.15) is 51.0 Å². The van der Waals surface area contributed by atoms with E-state index in [1.807, 2.05) is 0 Å². The quantitative estimate of drug-likeness (QED) is 0.872. The van der Waals surface area contributed by atoms with Crippen LogP contribution in [0.3, 0.4) is 0 Å². The van der Waals surface area contributed by atoms with Crippen LogP contribution >= 0.6 is 0 Å². The molecular weight excluding hydrogens is 234 g/mol. The van der Waals surface area contributed by atoms with Crippen molar-refractivity contribution in [1.29, 1.82) is 0 Å². The summed E-state index contributed by atoms with van der Waals surface area (Å²) in [6.45, 7) is 4.35. The Balaban J connectivity index is 1.80. The lowest BCUT2D eigenvalue weighted by Crippen LogP contribution is -2.44. The highest BCUT2D eigenvalue weighted by molar-refractivity contribution is 5.20. The molecule has 1 aliphatic rings. The van der Waals surface area contributed by atoms with Crippen LogP contribution < -0.4 is 5.32 Å². The zero-order valence-corrected chi connectivity index (χ0v) is 12.4. The first kappa shape index (κ1) is 14.5. The van der Waals surface area contributed by atoms with Gasteiger partial charge in [-0.1, -0.05) is 30.3 Å². The average Bonchev–Trinajstić information content (AvgIpc) is 2.48. The second-order valence-electron chi connectivity index (χ2n) is 5.86. The van der Waals surface area contributed by atoms with E-state index in [0.29, 0.717) is 12.1 Å². The molecule has 0 radical (unpaired) electrons. The molecule has 1 N–H and O–H groups in total. The van der Waals surface area contributed by atoms with Crippen molar-refractivity contribution in [3.63, 3.8) is 0 Å². The summed E-state index contributed by atoms with van der Waals surface area (Å²) in [5.41, 5.74) is 1.51. The van der Waals surface area contributed by atoms with Crippen LogP contribution in [0.2, 0.25) is 0 Å². The fourth-order valence-electron chi connectivity index (χ4n) is 3.03. The third-order valence-electron chi connectivity index (χ3n) is 4.57. The molecule has 1 aromatic rings. The summed E-state index contributed by atoms with van der Waals surface area (Å²) < 4.78 is 5.38. The molecule has 1 saturated carbocycles. The van der Waals surface area contributed by atoms with E-state index in [9.17, 15) is 0 Å². The number of methoxy groups -OCH3 is 1. The minimum Gasteiger partial charge on any atom is -0.380 e. The zero-order chi connectivity index (χ0) is 13.7. The molecule has 0 amide bonds. The molecule has 0 aliphatic heterocycles. The molecule has 1 fully saturated rings. The van der Waals surface area contributed by atoms with Gasteiger partial charge in [-0.25, -0.2) is 0 Å². The SMILES string of the molecule is COC(C)C(C)NC1CCC(c2ccccc2)CC1. The molecular formula is C17H27NO. The van der Waals surface area contributed by atoms with Crippen molar-refractivity contribution in [2.75, 3.05) is 7.11 Å². The van der Waals surface area contributed by atoms with E-state index in [1.54, 1.807) is 7.11 Å². The maximum atomic E-state index is 5.38. The summed E-state index contributed by atoms with van der Waals surface area (Å²) >= 11 is 0. The van der Waals surface area contributed by atoms with E-state index < -0.39 is 0 Å². The molecule has 0 bridgehead atoms. The van der Waals surface area contributed by atoms with Gasteiger partial charge < -0.3 is 10.1 Å². The lowest BCUT2D eigenvalue weighted by atomic mass is 9.81. The Labute approximate surface area is 117 Å². The van der Waals surface area contributed by atoms with Crippen LogP contribution in [-0.4, -0.2) is 25.3 Å². The van der Waals surface area contributed by atoms with E-state index in [0.717, 1.165) is 5.92 Å². The van der Waals surface area contributed by atoms with Crippen LogP contribution in [0.25, 0.3) is 0 Å². The van der Waals surface area contributed by atoms with Crippen LogP contribution in [0.5, 0.6) is 0 Å². The second-order valence-corrected chi connectivity index (χ2v) is 5.86. The van der Waals surface area contributed by atoms with Gasteiger partial charge in [0.15, 0.2) is 0 Å². The summed E-state index contributed by atoms with van der Waals surface area (Å²) in [5, 5.41) is 3.72. The van der Waals surface area contributed by atoms with Gasteiger partial charge in [-0.3, -0.25) is 0 Å². The molecule has 106 valence electrons. The standard InChI is InChI=1S/C17H27NO/c1-13(14(2)19-3)18-17-11-9-16(10-12-17)15-7-5-4-6-8-15/h4-8,13-14,16-18H,9-12H2,1-3H3. The Bertz CT molecular complexity index is 357. The van der Waals surface area contributed by atoms with Crippen molar-refractivity contribution in [3.8, 4) is 0 Å². The van der Waals surface area contributed by atoms with Crippen molar-refractivity contribution in [2.24, 2.45) is 0 Å². The van der Waals surface area contributed by atoms with E-state index >= 15 is 0 Å². The number of ether oxygens (including phenoxy) is 1. The normalized spacial score (nSPS) is 26.9. The average molecular weight is 261 g/mol. The molecule has 2 heteroatoms. The van der Waals surface area contributed by atoms with Gasteiger partial charge in [-0.2, -0.15) is 0 Å². The summed E-state index contributed by atoms with van der Waals surface area (Å²) in [4.78, 5) is 0. The molecule has 0 saturated heterocycles. The highest BCUT2D eigenvalue weighted by Crippen LogP contribution is 2.32. The van der Waals surface area contributed by atoms with Crippen LogP contribution in [0, 0.1) is 0 Å². The fraction of sp³-hybridized carbons (Fsp3) is 0.647. The summed E-state index contributed by atoms with van der Waals surface area (Å²) in [7, 11) is 1.79. The molecule has 0 spiro atoms. The third kappa shape index (κ3) is 4.05. The van der Waals surface area contributed by atoms with Gasteiger partial charge in [0, 0.05) is 19.2 Å². The van der Waals surface area contributed by atoms with Gasteiger partial charge in [0.25, 0.3) is 0 Å². The number of hydrogen-bond donors (Lipinski definition) is 1. The molecule has 2 unspecified atom stereocenters. The highest BCUT2D eigenvalue weighted by atomic mass is 16.5. The largest absolute Gasteiger partial charge is 0.380 e. The molecule has 1 aliphatic carbocycles. The van der Waals surface area contributed by atoms with E-state index in [4.69, 9.17) is 4.74 Å². The van der Waals surface area contributed by atoms with E-state index in [1.165, 1.54) is 31.2 Å². The molecule has 19 heavy (non-hydrogen) atoms. The lowest BCUT2D eigenvalue weighted by molar-refractivity contribution is 0.0816. The van der Waals surface area contributed by atoms with Crippen LogP contribution in [0.4, 0.5) is 0 Å². The Hall–Kier alpha value is -0.860. The predicted octanol–water partition coefficient (Wildman–Crippen LogP) is 3.73. The zero-order valence-electron chi connectivity index (χ0n) is 12.4. The number of nitrogens with one attached hydrogen (secondary N) is 1. The molecule has 1 aromatic carbocycles. The number of hydrogen-bond acceptors (Lipinski definition) is 2. The van der Waals surface area contributed by atoms with Crippen molar-refractivity contribution in [2.45, 2.75) is 63.6 Å². The monoisotopic (exact) mass is 261 g/mol. The predicted molar refractivity (Wildman–Crippen MR) is 80.5 cm³/mol. The Morgan fingerprint density at radius 2 is 1.68 bits per heavy atom. The first-order valence-corrected chi connectivity index (χ1v) is 7.54. The smallest absolute Gasteiger partial charge is 0.0693 e. The molecule has 2 rings (SSSR count). The first-order chi connectivity index (χ1) is 9.20. The minimum atomic E-state index is 0.284. The fourth-order valence-corrected chi connectivity index (χ4v) is 3.03. The van der Waals surface area contributed by atoms with E-state index in [2.05, 4.69) is 49.5 Å². The van der Waals surface area contributed by atoms with Gasteiger partial charge in [0.1, 0.15) is 0 Å². The van der Waals surface area contributed by atoms with Gasteiger partial charge in [-0.15, -0.1) is 0 Å².